The van der Waals surface area contributed by atoms with Gasteiger partial charge in [0.25, 0.3) is 23.6 Å². The molecule has 0 radical (unpaired) electrons. The van der Waals surface area contributed by atoms with E-state index in [9.17, 15) is 77.1 Å². The third kappa shape index (κ3) is 16.2. The van der Waals surface area contributed by atoms with Crippen molar-refractivity contribution in [2.24, 2.45) is 17.8 Å². The maximum Gasteiger partial charge on any atom is 0.416 e. The third-order valence-corrected chi connectivity index (χ3v) is 14.4. The number of amides is 3. The Kier molecular flexibility index (Phi) is 18.4. The molecule has 436 valence electrons. The third-order valence-electron chi connectivity index (χ3n) is 14.4. The zero-order valence-electron chi connectivity index (χ0n) is 43.5. The van der Waals surface area contributed by atoms with Gasteiger partial charge in [-0.2, -0.15) is 39.5 Å². The van der Waals surface area contributed by atoms with Gasteiger partial charge in [0.2, 0.25) is 0 Å². The summed E-state index contributed by atoms with van der Waals surface area (Å²) in [6, 6.07) is 7.97. The summed E-state index contributed by atoms with van der Waals surface area (Å²) in [7, 11) is 0. The van der Waals surface area contributed by atoms with Crippen LogP contribution in [0.4, 0.5) is 48.3 Å². The minimum absolute atomic E-state index is 0.0147. The number of hydrogen-bond donors (Lipinski definition) is 3. The van der Waals surface area contributed by atoms with Crippen LogP contribution in [-0.2, 0) is 32.9 Å². The molecule has 82 heavy (non-hydrogen) atoms. The van der Waals surface area contributed by atoms with E-state index in [1.807, 2.05) is 0 Å². The number of ether oxygens (including phenoxy) is 3. The monoisotopic (exact) mass is 1160 g/mol. The molecule has 0 aromatic heterocycles. The lowest BCUT2D eigenvalue weighted by atomic mass is 9.97. The van der Waals surface area contributed by atoms with Gasteiger partial charge < -0.3 is 30.2 Å². The van der Waals surface area contributed by atoms with Gasteiger partial charge in [0.05, 0.1) is 52.0 Å². The Morgan fingerprint density at radius 1 is 0.524 bits per heavy atom. The van der Waals surface area contributed by atoms with E-state index in [1.165, 1.54) is 30.4 Å². The fourth-order valence-corrected chi connectivity index (χ4v) is 10.0. The van der Waals surface area contributed by atoms with Gasteiger partial charge in [-0.05, 0) is 136 Å². The topological polar surface area (TPSA) is 166 Å². The van der Waals surface area contributed by atoms with E-state index in [0.29, 0.717) is 35.4 Å². The average Bonchev–Trinajstić information content (AvgIpc) is 3.71. The van der Waals surface area contributed by atoms with Gasteiger partial charge in [-0.3, -0.25) is 28.8 Å². The van der Waals surface area contributed by atoms with Crippen molar-refractivity contribution in [1.82, 2.24) is 16.0 Å². The molecule has 2 bridgehead atoms. The van der Waals surface area contributed by atoms with E-state index >= 15 is 0 Å². The van der Waals surface area contributed by atoms with Crippen LogP contribution in [0.25, 0.3) is 0 Å². The molecule has 0 spiro atoms. The van der Waals surface area contributed by atoms with Gasteiger partial charge in [0.1, 0.15) is 23.4 Å². The fourth-order valence-electron chi connectivity index (χ4n) is 10.0. The first kappa shape index (κ1) is 60.3. The molecule has 7 aliphatic rings. The molecule has 4 fully saturated rings. The SMILES string of the molecule is O=C1C=C(NC(=O)c2ccc(C(F)(F)F)cc2OC2CC3CCC2C3)C=CC1.O=C1C=C(NC(=O)c2ccc(C(F)(F)F)cc2OC2CCCCC2)C=CC1.O=C1C=C(NC(=O)c2ccc(C(F)(F)F)cc2OCC2CC2(F)F)C=CC1. The van der Waals surface area contributed by atoms with Crippen molar-refractivity contribution in [3.63, 3.8) is 0 Å². The molecule has 10 rings (SSSR count). The first-order valence-corrected chi connectivity index (χ1v) is 26.3. The summed E-state index contributed by atoms with van der Waals surface area (Å²) < 4.78 is 160. The number of rotatable bonds is 13. The lowest BCUT2D eigenvalue weighted by Gasteiger charge is -2.25. The van der Waals surface area contributed by atoms with Crippen LogP contribution >= 0.6 is 0 Å². The van der Waals surface area contributed by atoms with Crippen molar-refractivity contribution in [3.8, 4) is 17.2 Å². The Bertz CT molecular complexity index is 3160. The maximum atomic E-state index is 13.2. The van der Waals surface area contributed by atoms with Gasteiger partial charge in [0.15, 0.2) is 17.3 Å². The van der Waals surface area contributed by atoms with Crippen LogP contribution < -0.4 is 30.2 Å². The summed E-state index contributed by atoms with van der Waals surface area (Å²) in [5.74, 6) is -6.26. The summed E-state index contributed by atoms with van der Waals surface area (Å²) in [6.07, 6.45) is 7.87. The number of nitrogens with one attached hydrogen (secondary N) is 3. The second-order valence-electron chi connectivity index (χ2n) is 20.7. The molecule has 4 atom stereocenters. The molecule has 4 saturated carbocycles. The number of hydrogen-bond acceptors (Lipinski definition) is 9. The summed E-state index contributed by atoms with van der Waals surface area (Å²) in [5, 5.41) is 7.52. The van der Waals surface area contributed by atoms with E-state index in [0.717, 1.165) is 100 Å². The highest BCUT2D eigenvalue weighted by atomic mass is 19.4. The highest BCUT2D eigenvalue weighted by molar-refractivity contribution is 6.02. The standard InChI is InChI=1S/C21H20F3NO3.C20H20F3NO3.C18H14F5NO3/c22-21(23,24)14-6-7-17(20(27)25-15-2-1-3-16(26)11-15)19(10-14)28-18-9-12-4-5-13(18)8-12;21-20(22,23)13-9-10-17(18(11-13)27-16-7-2-1-3-8-16)19(26)24-14-5-4-6-15(25)12-14;19-17(20)8-11(17)9-27-15-6-10(18(21,22)23)4-5-14(15)16(26)24-12-2-1-3-13(25)7-12/h1-2,6-7,10-13,18H,3-5,8-9H2,(H,25,27);4-5,9-12,16H,1-3,6-8H2,(H,24,26);1-2,4-7,11H,3,8-9H2,(H,24,26). The van der Waals surface area contributed by atoms with Crippen molar-refractivity contribution >= 4 is 35.1 Å². The Morgan fingerprint density at radius 3 is 1.29 bits per heavy atom. The second kappa shape index (κ2) is 25.1. The lowest BCUT2D eigenvalue weighted by Crippen LogP contribution is -2.27. The van der Waals surface area contributed by atoms with Crippen molar-refractivity contribution in [2.45, 2.75) is 120 Å². The van der Waals surface area contributed by atoms with Crippen LogP contribution in [0, 0.1) is 17.8 Å². The maximum absolute atomic E-state index is 13.2. The molecule has 4 unspecified atom stereocenters. The molecule has 3 amide bonds. The number of carbonyl (C=O) groups is 6. The Hall–Kier alpha value is -7.85. The Balaban J connectivity index is 0.000000161. The first-order chi connectivity index (χ1) is 38.7. The molecule has 23 heteroatoms. The van der Waals surface area contributed by atoms with E-state index in [-0.39, 0.29) is 82.7 Å². The van der Waals surface area contributed by atoms with Crippen LogP contribution in [0.15, 0.2) is 126 Å². The molecule has 12 nitrogen and oxygen atoms in total. The largest absolute Gasteiger partial charge is 0.492 e. The first-order valence-electron chi connectivity index (χ1n) is 26.3. The van der Waals surface area contributed by atoms with Gasteiger partial charge in [-0.25, -0.2) is 8.78 Å². The van der Waals surface area contributed by atoms with E-state index in [4.69, 9.17) is 14.2 Å². The molecule has 0 heterocycles. The molecule has 3 aromatic carbocycles. The van der Waals surface area contributed by atoms with Crippen molar-refractivity contribution in [2.75, 3.05) is 6.61 Å². The summed E-state index contributed by atoms with van der Waals surface area (Å²) in [6.45, 7) is -0.504. The predicted molar refractivity (Wildman–Crippen MR) is 273 cm³/mol. The van der Waals surface area contributed by atoms with Gasteiger partial charge in [-0.1, -0.05) is 24.6 Å². The molecule has 3 N–H and O–H groups in total. The quantitative estimate of drug-likeness (QED) is 0.141. The second-order valence-corrected chi connectivity index (χ2v) is 20.7. The minimum Gasteiger partial charge on any atom is -0.492 e. The Labute approximate surface area is 462 Å². The number of benzene rings is 3. The summed E-state index contributed by atoms with van der Waals surface area (Å²) >= 11 is 0. The molecule has 0 saturated heterocycles. The number of alkyl halides is 11. The van der Waals surface area contributed by atoms with E-state index in [2.05, 4.69) is 16.0 Å². The Morgan fingerprint density at radius 2 is 0.927 bits per heavy atom. The number of fused-ring (bicyclic) bond motifs is 2. The van der Waals surface area contributed by atoms with Crippen LogP contribution in [0.5, 0.6) is 17.2 Å². The van der Waals surface area contributed by atoms with Crippen molar-refractivity contribution < 1.29 is 91.3 Å². The van der Waals surface area contributed by atoms with Crippen LogP contribution in [0.3, 0.4) is 0 Å². The van der Waals surface area contributed by atoms with Gasteiger partial charge in [0, 0.05) is 61.0 Å². The van der Waals surface area contributed by atoms with Crippen LogP contribution in [-0.4, -0.2) is 59.8 Å². The zero-order chi connectivity index (χ0) is 59.1. The number of carbonyl (C=O) groups excluding carboxylic acids is 6. The molecular formula is C59H54F11N3O9. The van der Waals surface area contributed by atoms with Crippen molar-refractivity contribution in [3.05, 3.63) is 160 Å². The number of halogens is 11. The van der Waals surface area contributed by atoms with Gasteiger partial charge >= 0.3 is 18.5 Å². The number of ketones is 3. The molecule has 3 aromatic rings. The molecule has 7 aliphatic carbocycles. The van der Waals surface area contributed by atoms with Crippen LogP contribution in [0.1, 0.15) is 131 Å². The zero-order valence-corrected chi connectivity index (χ0v) is 43.5. The van der Waals surface area contributed by atoms with E-state index in [1.54, 1.807) is 24.3 Å². The molecule has 0 aliphatic heterocycles. The van der Waals surface area contributed by atoms with E-state index < -0.39 is 83.6 Å². The van der Waals surface area contributed by atoms with Crippen LogP contribution in [0.2, 0.25) is 0 Å². The normalized spacial score (nSPS) is 21.8. The van der Waals surface area contributed by atoms with Crippen molar-refractivity contribution in [1.29, 1.82) is 0 Å². The smallest absolute Gasteiger partial charge is 0.416 e. The van der Waals surface area contributed by atoms with Gasteiger partial charge in [-0.15, -0.1) is 0 Å². The highest BCUT2D eigenvalue weighted by Crippen LogP contribution is 2.49. The predicted octanol–water partition coefficient (Wildman–Crippen LogP) is 12.9. The highest BCUT2D eigenvalue weighted by Gasteiger charge is 2.57. The minimum atomic E-state index is -4.68. The fraction of sp³-hybridized carbons (Fsp3) is 0.390. The molecular weight excluding hydrogens is 1100 g/mol. The summed E-state index contributed by atoms with van der Waals surface area (Å²) in [4.78, 5) is 71.9. The summed E-state index contributed by atoms with van der Waals surface area (Å²) in [5.41, 5.74) is -2.19. The number of allylic oxidation sites excluding steroid dienone is 9. The lowest BCUT2D eigenvalue weighted by molar-refractivity contribution is -0.138. The average molecular weight is 1160 g/mol.